The van der Waals surface area contributed by atoms with Crippen LogP contribution in [-0.2, 0) is 9.47 Å². The first-order valence-electron chi connectivity index (χ1n) is 7.45. The summed E-state index contributed by atoms with van der Waals surface area (Å²) in [5.74, 6) is 0.530. The fraction of sp³-hybridized carbons (Fsp3) is 0.625. The van der Waals surface area contributed by atoms with E-state index in [1.165, 1.54) is 0 Å². The predicted octanol–water partition coefficient (Wildman–Crippen LogP) is 3.43. The summed E-state index contributed by atoms with van der Waals surface area (Å²) < 4.78 is 11.5. The lowest BCUT2D eigenvalue weighted by molar-refractivity contribution is 0.0255. The van der Waals surface area contributed by atoms with E-state index in [2.05, 4.69) is 18.3 Å². The Bertz CT molecular complexity index is 394. The molecule has 1 aromatic carbocycles. The molecule has 1 heterocycles. The quantitative estimate of drug-likeness (QED) is 0.746. The van der Waals surface area contributed by atoms with Crippen LogP contribution in [0.5, 0.6) is 0 Å². The molecule has 0 radical (unpaired) electrons. The summed E-state index contributed by atoms with van der Waals surface area (Å²) in [5, 5.41) is 4.19. The summed E-state index contributed by atoms with van der Waals surface area (Å²) in [6.45, 7) is 6.44. The fourth-order valence-electron chi connectivity index (χ4n) is 2.36. The third-order valence-corrected chi connectivity index (χ3v) is 3.77. The molecule has 112 valence electrons. The highest BCUT2D eigenvalue weighted by Gasteiger charge is 2.19. The molecule has 1 fully saturated rings. The van der Waals surface area contributed by atoms with Crippen LogP contribution in [0.3, 0.4) is 0 Å². The summed E-state index contributed by atoms with van der Waals surface area (Å²) in [6, 6.07) is 7.94. The van der Waals surface area contributed by atoms with Crippen molar-refractivity contribution in [3.05, 3.63) is 34.9 Å². The highest BCUT2D eigenvalue weighted by Crippen LogP contribution is 2.23. The van der Waals surface area contributed by atoms with Crippen molar-refractivity contribution in [2.24, 2.45) is 5.92 Å². The Morgan fingerprint density at radius 1 is 1.50 bits per heavy atom. The zero-order chi connectivity index (χ0) is 14.2. The Kier molecular flexibility index (Phi) is 6.80. The van der Waals surface area contributed by atoms with Gasteiger partial charge in [0.1, 0.15) is 0 Å². The monoisotopic (exact) mass is 297 g/mol. The molecule has 0 saturated carbocycles. The van der Waals surface area contributed by atoms with E-state index in [1.807, 2.05) is 18.2 Å². The lowest BCUT2D eigenvalue weighted by Crippen LogP contribution is -2.25. The molecular formula is C16H24ClNO2. The van der Waals surface area contributed by atoms with E-state index in [1.54, 1.807) is 0 Å². The average molecular weight is 298 g/mol. The third kappa shape index (κ3) is 5.06. The first kappa shape index (κ1) is 15.8. The SMILES string of the molecule is CCCNCC(OCC1CCOC1)c1cccc(Cl)c1. The zero-order valence-electron chi connectivity index (χ0n) is 12.1. The minimum atomic E-state index is 0.0563. The molecule has 0 aromatic heterocycles. The second-order valence-corrected chi connectivity index (χ2v) is 5.75. The van der Waals surface area contributed by atoms with Gasteiger partial charge in [-0.3, -0.25) is 0 Å². The van der Waals surface area contributed by atoms with Gasteiger partial charge in [-0.1, -0.05) is 30.7 Å². The number of benzene rings is 1. The Morgan fingerprint density at radius 2 is 2.40 bits per heavy atom. The average Bonchev–Trinajstić information content (AvgIpc) is 2.96. The first-order chi connectivity index (χ1) is 9.79. The van der Waals surface area contributed by atoms with Gasteiger partial charge in [-0.05, 0) is 37.1 Å². The highest BCUT2D eigenvalue weighted by molar-refractivity contribution is 6.30. The lowest BCUT2D eigenvalue weighted by Gasteiger charge is -2.21. The van der Waals surface area contributed by atoms with E-state index < -0.39 is 0 Å². The molecule has 1 aromatic rings. The van der Waals surface area contributed by atoms with Gasteiger partial charge < -0.3 is 14.8 Å². The molecule has 1 aliphatic rings. The van der Waals surface area contributed by atoms with E-state index in [4.69, 9.17) is 21.1 Å². The second-order valence-electron chi connectivity index (χ2n) is 5.31. The molecule has 2 unspecified atom stereocenters. The van der Waals surface area contributed by atoms with Crippen LogP contribution in [-0.4, -0.2) is 32.9 Å². The number of ether oxygens (including phenoxy) is 2. The van der Waals surface area contributed by atoms with E-state index >= 15 is 0 Å². The van der Waals surface area contributed by atoms with Crippen molar-refractivity contribution in [2.45, 2.75) is 25.9 Å². The van der Waals surface area contributed by atoms with Gasteiger partial charge in [-0.25, -0.2) is 0 Å². The van der Waals surface area contributed by atoms with Gasteiger partial charge in [-0.2, -0.15) is 0 Å². The largest absolute Gasteiger partial charge is 0.381 e. The van der Waals surface area contributed by atoms with E-state index in [9.17, 15) is 0 Å². The van der Waals surface area contributed by atoms with Crippen molar-refractivity contribution in [1.29, 1.82) is 0 Å². The van der Waals surface area contributed by atoms with Crippen molar-refractivity contribution in [1.82, 2.24) is 5.32 Å². The molecule has 2 atom stereocenters. The van der Waals surface area contributed by atoms with Crippen molar-refractivity contribution >= 4 is 11.6 Å². The van der Waals surface area contributed by atoms with E-state index in [0.717, 1.165) is 56.3 Å². The van der Waals surface area contributed by atoms with Crippen LogP contribution >= 0.6 is 11.6 Å². The van der Waals surface area contributed by atoms with Crippen molar-refractivity contribution < 1.29 is 9.47 Å². The van der Waals surface area contributed by atoms with Crippen LogP contribution in [0.15, 0.2) is 24.3 Å². The Morgan fingerprint density at radius 3 is 3.10 bits per heavy atom. The van der Waals surface area contributed by atoms with Gasteiger partial charge >= 0.3 is 0 Å². The number of rotatable bonds is 8. The summed E-state index contributed by atoms with van der Waals surface area (Å²) >= 11 is 6.08. The van der Waals surface area contributed by atoms with Gasteiger partial charge in [0, 0.05) is 24.1 Å². The van der Waals surface area contributed by atoms with Crippen LogP contribution in [0.2, 0.25) is 5.02 Å². The summed E-state index contributed by atoms with van der Waals surface area (Å²) in [4.78, 5) is 0. The Hall–Kier alpha value is -0.610. The number of nitrogens with one attached hydrogen (secondary N) is 1. The molecule has 20 heavy (non-hydrogen) atoms. The van der Waals surface area contributed by atoms with Crippen LogP contribution < -0.4 is 5.32 Å². The number of hydrogen-bond acceptors (Lipinski definition) is 3. The minimum absolute atomic E-state index is 0.0563. The molecule has 1 N–H and O–H groups in total. The molecule has 2 rings (SSSR count). The van der Waals surface area contributed by atoms with Gasteiger partial charge in [0.05, 0.1) is 19.3 Å². The van der Waals surface area contributed by atoms with Gasteiger partial charge in [0.2, 0.25) is 0 Å². The van der Waals surface area contributed by atoms with Crippen LogP contribution in [0.25, 0.3) is 0 Å². The maximum Gasteiger partial charge on any atom is 0.0949 e. The summed E-state index contributed by atoms with van der Waals surface area (Å²) in [7, 11) is 0. The lowest BCUT2D eigenvalue weighted by atomic mass is 10.1. The maximum atomic E-state index is 6.11. The third-order valence-electron chi connectivity index (χ3n) is 3.53. The topological polar surface area (TPSA) is 30.5 Å². The molecule has 1 saturated heterocycles. The van der Waals surface area contributed by atoms with E-state index in [0.29, 0.717) is 5.92 Å². The van der Waals surface area contributed by atoms with Crippen molar-refractivity contribution in [3.8, 4) is 0 Å². The summed E-state index contributed by atoms with van der Waals surface area (Å²) in [6.07, 6.45) is 2.28. The van der Waals surface area contributed by atoms with Crippen LogP contribution in [0.1, 0.15) is 31.4 Å². The zero-order valence-corrected chi connectivity index (χ0v) is 12.9. The molecule has 0 amide bonds. The predicted molar refractivity (Wildman–Crippen MR) is 82.2 cm³/mol. The minimum Gasteiger partial charge on any atom is -0.381 e. The van der Waals surface area contributed by atoms with Crippen molar-refractivity contribution in [2.75, 3.05) is 32.9 Å². The standard InChI is InChI=1S/C16H24ClNO2/c1-2-7-18-10-16(14-4-3-5-15(17)9-14)20-12-13-6-8-19-11-13/h3-5,9,13,16,18H,2,6-8,10-12H2,1H3. The smallest absolute Gasteiger partial charge is 0.0949 e. The normalized spacial score (nSPS) is 20.2. The highest BCUT2D eigenvalue weighted by atomic mass is 35.5. The molecule has 0 aliphatic carbocycles. The first-order valence-corrected chi connectivity index (χ1v) is 7.83. The molecule has 4 heteroatoms. The molecule has 1 aliphatic heterocycles. The van der Waals surface area contributed by atoms with Gasteiger partial charge in [0.25, 0.3) is 0 Å². The molecular weight excluding hydrogens is 274 g/mol. The fourth-order valence-corrected chi connectivity index (χ4v) is 2.56. The number of halogens is 1. The van der Waals surface area contributed by atoms with E-state index in [-0.39, 0.29) is 6.10 Å². The van der Waals surface area contributed by atoms with Gasteiger partial charge in [0.15, 0.2) is 0 Å². The second kappa shape index (κ2) is 8.63. The van der Waals surface area contributed by atoms with Crippen molar-refractivity contribution in [3.63, 3.8) is 0 Å². The maximum absolute atomic E-state index is 6.11. The molecule has 0 spiro atoms. The van der Waals surface area contributed by atoms with Crippen LogP contribution in [0.4, 0.5) is 0 Å². The van der Waals surface area contributed by atoms with Gasteiger partial charge in [-0.15, -0.1) is 0 Å². The summed E-state index contributed by atoms with van der Waals surface area (Å²) in [5.41, 5.74) is 1.14. The molecule has 3 nitrogen and oxygen atoms in total. The number of hydrogen-bond donors (Lipinski definition) is 1. The molecule has 0 bridgehead atoms. The Balaban J connectivity index is 1.92. The Labute approximate surface area is 126 Å². The van der Waals surface area contributed by atoms with Crippen LogP contribution in [0, 0.1) is 5.92 Å².